The van der Waals surface area contributed by atoms with Gasteiger partial charge in [0.05, 0.1) is 11.7 Å². The zero-order valence-electron chi connectivity index (χ0n) is 11.8. The number of carbonyl (C=O) groups excluding carboxylic acids is 1. The van der Waals surface area contributed by atoms with E-state index in [-0.39, 0.29) is 12.1 Å². The molecule has 2 rings (SSSR count). The van der Waals surface area contributed by atoms with Gasteiger partial charge in [-0.1, -0.05) is 0 Å². The summed E-state index contributed by atoms with van der Waals surface area (Å²) in [6.07, 6.45) is 2.38. The summed E-state index contributed by atoms with van der Waals surface area (Å²) in [6.45, 7) is 7.41. The van der Waals surface area contributed by atoms with E-state index in [2.05, 4.69) is 5.10 Å². The number of hydrogen-bond acceptors (Lipinski definition) is 4. The van der Waals surface area contributed by atoms with E-state index in [1.807, 2.05) is 31.5 Å². The van der Waals surface area contributed by atoms with Crippen LogP contribution in [0.1, 0.15) is 38.9 Å². The highest BCUT2D eigenvalue weighted by Crippen LogP contribution is 2.24. The smallest absolute Gasteiger partial charge is 0.410 e. The predicted molar refractivity (Wildman–Crippen MR) is 71.6 cm³/mol. The number of hydrogen-bond donors (Lipinski definition) is 1. The van der Waals surface area contributed by atoms with Crippen molar-refractivity contribution in [1.29, 1.82) is 0 Å². The van der Waals surface area contributed by atoms with Gasteiger partial charge in [0.15, 0.2) is 0 Å². The van der Waals surface area contributed by atoms with Gasteiger partial charge in [-0.3, -0.25) is 4.68 Å². The van der Waals surface area contributed by atoms with Crippen LogP contribution in [0.25, 0.3) is 0 Å². The van der Waals surface area contributed by atoms with Crippen LogP contribution in [-0.4, -0.2) is 39.5 Å². The van der Waals surface area contributed by atoms with Crippen LogP contribution in [-0.2, 0) is 11.3 Å². The number of aromatic nitrogens is 2. The Balaban J connectivity index is 1.98. The molecule has 19 heavy (non-hydrogen) atoms. The second-order valence-electron chi connectivity index (χ2n) is 5.84. The van der Waals surface area contributed by atoms with E-state index in [0.717, 1.165) is 12.1 Å². The Kier molecular flexibility index (Phi) is 3.80. The third kappa shape index (κ3) is 3.26. The van der Waals surface area contributed by atoms with Crippen LogP contribution in [0.3, 0.4) is 0 Å². The first-order valence-corrected chi connectivity index (χ1v) is 6.61. The molecule has 0 spiro atoms. The monoisotopic (exact) mass is 266 g/mol. The molecule has 2 heterocycles. The highest BCUT2D eigenvalue weighted by atomic mass is 16.6. The van der Waals surface area contributed by atoms with Gasteiger partial charge in [-0.15, -0.1) is 0 Å². The van der Waals surface area contributed by atoms with E-state index in [4.69, 9.17) is 10.5 Å². The Morgan fingerprint density at radius 1 is 1.58 bits per heavy atom. The van der Waals surface area contributed by atoms with Crippen molar-refractivity contribution in [1.82, 2.24) is 14.7 Å². The molecule has 1 aliphatic heterocycles. The second-order valence-corrected chi connectivity index (χ2v) is 5.84. The molecule has 1 aliphatic rings. The standard InChI is InChI=1S/C13H22N4O2/c1-13(2,3)19-12(18)16-7-5-11(9-16)17-10(8-14)4-6-15-17/h4,6,11H,5,7-9,14H2,1-3H3. The Morgan fingerprint density at radius 3 is 2.95 bits per heavy atom. The summed E-state index contributed by atoms with van der Waals surface area (Å²) in [5.74, 6) is 0. The molecule has 0 saturated carbocycles. The van der Waals surface area contributed by atoms with Crippen LogP contribution in [0.4, 0.5) is 4.79 Å². The molecule has 0 radical (unpaired) electrons. The molecular formula is C13H22N4O2. The van der Waals surface area contributed by atoms with Gasteiger partial charge in [-0.2, -0.15) is 5.10 Å². The van der Waals surface area contributed by atoms with Gasteiger partial charge in [0.2, 0.25) is 0 Å². The zero-order valence-corrected chi connectivity index (χ0v) is 11.8. The summed E-state index contributed by atoms with van der Waals surface area (Å²) in [5, 5.41) is 4.30. The fourth-order valence-electron chi connectivity index (χ4n) is 2.27. The summed E-state index contributed by atoms with van der Waals surface area (Å²) in [6, 6.07) is 2.11. The molecule has 106 valence electrons. The Labute approximate surface area is 113 Å². The highest BCUT2D eigenvalue weighted by molar-refractivity contribution is 5.68. The van der Waals surface area contributed by atoms with Gasteiger partial charge in [0.1, 0.15) is 5.60 Å². The molecule has 1 unspecified atom stereocenters. The van der Waals surface area contributed by atoms with Gasteiger partial charge in [-0.05, 0) is 33.3 Å². The normalized spacial score (nSPS) is 19.8. The quantitative estimate of drug-likeness (QED) is 0.881. The Bertz CT molecular complexity index is 450. The van der Waals surface area contributed by atoms with Crippen LogP contribution in [0.5, 0.6) is 0 Å². The summed E-state index contributed by atoms with van der Waals surface area (Å²) in [5.41, 5.74) is 6.22. The molecular weight excluding hydrogens is 244 g/mol. The molecule has 1 saturated heterocycles. The lowest BCUT2D eigenvalue weighted by molar-refractivity contribution is 0.0288. The maximum absolute atomic E-state index is 12.0. The number of ether oxygens (including phenoxy) is 1. The second kappa shape index (κ2) is 5.21. The molecule has 1 fully saturated rings. The Morgan fingerprint density at radius 2 is 2.32 bits per heavy atom. The lowest BCUT2D eigenvalue weighted by Gasteiger charge is -2.24. The third-order valence-corrected chi connectivity index (χ3v) is 3.12. The lowest BCUT2D eigenvalue weighted by Crippen LogP contribution is -2.35. The number of nitrogens with zero attached hydrogens (tertiary/aromatic N) is 3. The van der Waals surface area contributed by atoms with E-state index < -0.39 is 5.60 Å². The summed E-state index contributed by atoms with van der Waals surface area (Å²) in [7, 11) is 0. The first-order chi connectivity index (χ1) is 8.90. The van der Waals surface area contributed by atoms with Crippen molar-refractivity contribution in [3.8, 4) is 0 Å². The number of likely N-dealkylation sites (tertiary alicyclic amines) is 1. The molecule has 0 bridgehead atoms. The topological polar surface area (TPSA) is 73.4 Å². The fraction of sp³-hybridized carbons (Fsp3) is 0.692. The number of rotatable bonds is 2. The maximum Gasteiger partial charge on any atom is 0.410 e. The van der Waals surface area contributed by atoms with Gasteiger partial charge in [-0.25, -0.2) is 4.79 Å². The largest absolute Gasteiger partial charge is 0.444 e. The van der Waals surface area contributed by atoms with E-state index in [0.29, 0.717) is 19.6 Å². The fourth-order valence-corrected chi connectivity index (χ4v) is 2.27. The number of nitrogens with two attached hydrogens (primary N) is 1. The van der Waals surface area contributed by atoms with Gasteiger partial charge in [0, 0.05) is 25.8 Å². The van der Waals surface area contributed by atoms with E-state index in [1.54, 1.807) is 11.1 Å². The molecule has 6 heteroatoms. The molecule has 1 aromatic rings. The maximum atomic E-state index is 12.0. The van der Waals surface area contributed by atoms with Crippen LogP contribution >= 0.6 is 0 Å². The van der Waals surface area contributed by atoms with Crippen molar-refractivity contribution in [2.75, 3.05) is 13.1 Å². The van der Waals surface area contributed by atoms with Crippen LogP contribution in [0.15, 0.2) is 12.3 Å². The van der Waals surface area contributed by atoms with E-state index in [9.17, 15) is 4.79 Å². The molecule has 2 N–H and O–H groups in total. The first kappa shape index (κ1) is 13.9. The number of carbonyl (C=O) groups is 1. The van der Waals surface area contributed by atoms with Crippen molar-refractivity contribution in [3.63, 3.8) is 0 Å². The molecule has 1 atom stereocenters. The van der Waals surface area contributed by atoms with Crippen LogP contribution in [0, 0.1) is 0 Å². The first-order valence-electron chi connectivity index (χ1n) is 6.61. The van der Waals surface area contributed by atoms with Gasteiger partial charge < -0.3 is 15.4 Å². The molecule has 1 amide bonds. The summed E-state index contributed by atoms with van der Waals surface area (Å²) < 4.78 is 7.30. The third-order valence-electron chi connectivity index (χ3n) is 3.12. The minimum Gasteiger partial charge on any atom is -0.444 e. The van der Waals surface area contributed by atoms with Gasteiger partial charge in [0.25, 0.3) is 0 Å². The van der Waals surface area contributed by atoms with E-state index in [1.165, 1.54) is 0 Å². The van der Waals surface area contributed by atoms with Crippen molar-refractivity contribution in [3.05, 3.63) is 18.0 Å². The average Bonchev–Trinajstić information content (AvgIpc) is 2.95. The minimum atomic E-state index is -0.455. The molecule has 0 aromatic carbocycles. The number of amides is 1. The summed E-state index contributed by atoms with van der Waals surface area (Å²) >= 11 is 0. The highest BCUT2D eigenvalue weighted by Gasteiger charge is 2.31. The van der Waals surface area contributed by atoms with Crippen LogP contribution in [0.2, 0.25) is 0 Å². The van der Waals surface area contributed by atoms with Crippen LogP contribution < -0.4 is 5.73 Å². The average molecular weight is 266 g/mol. The predicted octanol–water partition coefficient (Wildman–Crippen LogP) is 1.52. The summed E-state index contributed by atoms with van der Waals surface area (Å²) in [4.78, 5) is 13.7. The van der Waals surface area contributed by atoms with Crippen molar-refractivity contribution in [2.45, 2.75) is 45.4 Å². The molecule has 0 aliphatic carbocycles. The zero-order chi connectivity index (χ0) is 14.0. The van der Waals surface area contributed by atoms with Gasteiger partial charge >= 0.3 is 6.09 Å². The molecule has 1 aromatic heterocycles. The molecule has 6 nitrogen and oxygen atoms in total. The van der Waals surface area contributed by atoms with Crippen molar-refractivity contribution < 1.29 is 9.53 Å². The minimum absolute atomic E-state index is 0.195. The lowest BCUT2D eigenvalue weighted by atomic mass is 10.2. The Hall–Kier alpha value is -1.56. The van der Waals surface area contributed by atoms with Crippen molar-refractivity contribution in [2.24, 2.45) is 5.73 Å². The van der Waals surface area contributed by atoms with Crippen molar-refractivity contribution >= 4 is 6.09 Å². The SMILES string of the molecule is CC(C)(C)OC(=O)N1CCC(n2nccc2CN)C1. The van der Waals surface area contributed by atoms with E-state index >= 15 is 0 Å².